The van der Waals surface area contributed by atoms with E-state index >= 15 is 0 Å². The fourth-order valence-corrected chi connectivity index (χ4v) is 2.69. The summed E-state index contributed by atoms with van der Waals surface area (Å²) < 4.78 is 10.4. The summed E-state index contributed by atoms with van der Waals surface area (Å²) in [7, 11) is 1.57. The number of anilines is 1. The summed E-state index contributed by atoms with van der Waals surface area (Å²) in [6, 6.07) is 14.5. The topological polar surface area (TPSA) is 67.9 Å². The molecule has 6 nitrogen and oxygen atoms in total. The first-order valence-electron chi connectivity index (χ1n) is 8.04. The molecule has 0 saturated carbocycles. The highest BCUT2D eigenvalue weighted by Crippen LogP contribution is 2.22. The molecule has 1 fully saturated rings. The first-order valence-corrected chi connectivity index (χ1v) is 8.04. The minimum atomic E-state index is -0.394. The molecule has 0 aromatic heterocycles. The SMILES string of the molecule is COc1ccc(C(=O)NCC2CN(c3cccc(C)c3)C(=O)O2)cc1. The van der Waals surface area contributed by atoms with Gasteiger partial charge in [0.1, 0.15) is 11.9 Å². The predicted octanol–water partition coefficient (Wildman–Crippen LogP) is 2.76. The fourth-order valence-electron chi connectivity index (χ4n) is 2.69. The van der Waals surface area contributed by atoms with E-state index in [1.807, 2.05) is 31.2 Å². The summed E-state index contributed by atoms with van der Waals surface area (Å²) in [5, 5.41) is 2.80. The summed E-state index contributed by atoms with van der Waals surface area (Å²) in [4.78, 5) is 25.8. The van der Waals surface area contributed by atoms with Crippen molar-refractivity contribution in [3.63, 3.8) is 0 Å². The molecule has 0 radical (unpaired) electrons. The van der Waals surface area contributed by atoms with Crippen molar-refractivity contribution in [1.82, 2.24) is 5.32 Å². The molecule has 1 heterocycles. The minimum Gasteiger partial charge on any atom is -0.497 e. The Morgan fingerprint density at radius 2 is 2.04 bits per heavy atom. The van der Waals surface area contributed by atoms with Crippen LogP contribution in [-0.2, 0) is 4.74 Å². The normalized spacial score (nSPS) is 16.5. The lowest BCUT2D eigenvalue weighted by Gasteiger charge is -2.13. The Balaban J connectivity index is 1.57. The molecule has 1 aliphatic heterocycles. The number of hydrogen-bond acceptors (Lipinski definition) is 4. The third kappa shape index (κ3) is 3.91. The number of carbonyl (C=O) groups excluding carboxylic acids is 2. The fraction of sp³-hybridized carbons (Fsp3) is 0.263. The zero-order valence-electron chi connectivity index (χ0n) is 14.2. The highest BCUT2D eigenvalue weighted by Gasteiger charge is 2.32. The number of rotatable bonds is 5. The molecule has 1 saturated heterocycles. The quantitative estimate of drug-likeness (QED) is 0.909. The molecule has 2 aromatic carbocycles. The maximum absolute atomic E-state index is 12.2. The molecular formula is C19H20N2O4. The number of cyclic esters (lactones) is 1. The van der Waals surface area contributed by atoms with Crippen LogP contribution in [0, 0.1) is 6.92 Å². The molecule has 3 rings (SSSR count). The van der Waals surface area contributed by atoms with Crippen molar-refractivity contribution in [3.8, 4) is 5.75 Å². The maximum Gasteiger partial charge on any atom is 0.414 e. The van der Waals surface area contributed by atoms with E-state index in [1.54, 1.807) is 36.3 Å². The zero-order valence-corrected chi connectivity index (χ0v) is 14.2. The predicted molar refractivity (Wildman–Crippen MR) is 94.1 cm³/mol. The van der Waals surface area contributed by atoms with Crippen LogP contribution < -0.4 is 15.0 Å². The number of carbonyl (C=O) groups is 2. The van der Waals surface area contributed by atoms with Crippen molar-refractivity contribution in [2.75, 3.05) is 25.1 Å². The van der Waals surface area contributed by atoms with Crippen molar-refractivity contribution in [2.24, 2.45) is 0 Å². The molecule has 0 aliphatic carbocycles. The number of amides is 2. The van der Waals surface area contributed by atoms with Gasteiger partial charge in [-0.2, -0.15) is 0 Å². The van der Waals surface area contributed by atoms with E-state index < -0.39 is 6.09 Å². The smallest absolute Gasteiger partial charge is 0.414 e. The molecule has 130 valence electrons. The third-order valence-corrected chi connectivity index (χ3v) is 4.03. The highest BCUT2D eigenvalue weighted by atomic mass is 16.6. The molecule has 0 spiro atoms. The van der Waals surface area contributed by atoms with E-state index in [0.29, 0.717) is 17.9 Å². The molecule has 6 heteroatoms. The van der Waals surface area contributed by atoms with Gasteiger partial charge >= 0.3 is 6.09 Å². The number of ether oxygens (including phenoxy) is 2. The molecule has 1 aliphatic rings. The van der Waals surface area contributed by atoms with Gasteiger partial charge in [0.25, 0.3) is 5.91 Å². The standard InChI is InChI=1S/C19H20N2O4/c1-13-4-3-5-15(10-13)21-12-17(25-19(21)23)11-20-18(22)14-6-8-16(24-2)9-7-14/h3-10,17H,11-12H2,1-2H3,(H,20,22). The van der Waals surface area contributed by atoms with Crippen molar-refractivity contribution in [1.29, 1.82) is 0 Å². The number of aryl methyl sites for hydroxylation is 1. The van der Waals surface area contributed by atoms with Gasteiger partial charge in [0.2, 0.25) is 0 Å². The molecule has 1 N–H and O–H groups in total. The summed E-state index contributed by atoms with van der Waals surface area (Å²) >= 11 is 0. The summed E-state index contributed by atoms with van der Waals surface area (Å²) in [6.07, 6.45) is -0.774. The van der Waals surface area contributed by atoms with E-state index in [4.69, 9.17) is 9.47 Å². The van der Waals surface area contributed by atoms with E-state index in [2.05, 4.69) is 5.32 Å². The second-order valence-corrected chi connectivity index (χ2v) is 5.89. The van der Waals surface area contributed by atoms with Gasteiger partial charge in [-0.15, -0.1) is 0 Å². The lowest BCUT2D eigenvalue weighted by Crippen LogP contribution is -2.34. The van der Waals surface area contributed by atoms with Gasteiger partial charge in [-0.25, -0.2) is 4.79 Å². The average Bonchev–Trinajstić information content (AvgIpc) is 3.00. The Hall–Kier alpha value is -3.02. The van der Waals surface area contributed by atoms with Gasteiger partial charge in [0.05, 0.1) is 20.2 Å². The van der Waals surface area contributed by atoms with E-state index in [1.165, 1.54) is 0 Å². The van der Waals surface area contributed by atoms with Gasteiger partial charge in [-0.05, 0) is 48.9 Å². The van der Waals surface area contributed by atoms with E-state index in [0.717, 1.165) is 11.3 Å². The Bertz CT molecular complexity index is 773. The third-order valence-electron chi connectivity index (χ3n) is 4.03. The molecule has 2 amide bonds. The lowest BCUT2D eigenvalue weighted by atomic mass is 10.2. The van der Waals surface area contributed by atoms with Crippen LogP contribution in [0.4, 0.5) is 10.5 Å². The van der Waals surface area contributed by atoms with Gasteiger partial charge in [0.15, 0.2) is 0 Å². The summed E-state index contributed by atoms with van der Waals surface area (Å²) in [6.45, 7) is 2.64. The summed E-state index contributed by atoms with van der Waals surface area (Å²) in [5.41, 5.74) is 2.40. The number of hydrogen-bond donors (Lipinski definition) is 1. The Kier molecular flexibility index (Phi) is 4.88. The molecule has 2 aromatic rings. The van der Waals surface area contributed by atoms with Crippen LogP contribution in [0.5, 0.6) is 5.75 Å². The zero-order chi connectivity index (χ0) is 17.8. The number of nitrogens with one attached hydrogen (secondary N) is 1. The number of nitrogens with zero attached hydrogens (tertiary/aromatic N) is 1. The minimum absolute atomic E-state index is 0.215. The average molecular weight is 340 g/mol. The lowest BCUT2D eigenvalue weighted by molar-refractivity contribution is 0.0916. The Labute approximate surface area is 146 Å². The van der Waals surface area contributed by atoms with Crippen LogP contribution >= 0.6 is 0 Å². The monoisotopic (exact) mass is 340 g/mol. The van der Waals surface area contributed by atoms with Crippen LogP contribution in [0.15, 0.2) is 48.5 Å². The van der Waals surface area contributed by atoms with E-state index in [-0.39, 0.29) is 18.6 Å². The van der Waals surface area contributed by atoms with Crippen LogP contribution in [0.2, 0.25) is 0 Å². The van der Waals surface area contributed by atoms with Crippen LogP contribution in [-0.4, -0.2) is 38.3 Å². The second-order valence-electron chi connectivity index (χ2n) is 5.89. The maximum atomic E-state index is 12.2. The van der Waals surface area contributed by atoms with Gasteiger partial charge < -0.3 is 14.8 Å². The van der Waals surface area contributed by atoms with Crippen LogP contribution in [0.25, 0.3) is 0 Å². The van der Waals surface area contributed by atoms with Crippen LogP contribution in [0.3, 0.4) is 0 Å². The molecule has 1 unspecified atom stereocenters. The van der Waals surface area contributed by atoms with Crippen molar-refractivity contribution in [3.05, 3.63) is 59.7 Å². The van der Waals surface area contributed by atoms with Crippen LogP contribution in [0.1, 0.15) is 15.9 Å². The number of benzene rings is 2. The van der Waals surface area contributed by atoms with Gasteiger partial charge in [-0.3, -0.25) is 9.69 Å². The molecule has 0 bridgehead atoms. The molecule has 25 heavy (non-hydrogen) atoms. The second kappa shape index (κ2) is 7.25. The largest absolute Gasteiger partial charge is 0.497 e. The Morgan fingerprint density at radius 3 is 2.72 bits per heavy atom. The van der Waals surface area contributed by atoms with Crippen molar-refractivity contribution in [2.45, 2.75) is 13.0 Å². The first kappa shape index (κ1) is 16.8. The van der Waals surface area contributed by atoms with Crippen molar-refractivity contribution < 1.29 is 19.1 Å². The first-order chi connectivity index (χ1) is 12.1. The van der Waals surface area contributed by atoms with E-state index in [9.17, 15) is 9.59 Å². The molecule has 1 atom stereocenters. The van der Waals surface area contributed by atoms with Crippen molar-refractivity contribution >= 4 is 17.7 Å². The molecular weight excluding hydrogens is 320 g/mol. The van der Waals surface area contributed by atoms with Gasteiger partial charge in [-0.1, -0.05) is 12.1 Å². The Morgan fingerprint density at radius 1 is 1.28 bits per heavy atom. The van der Waals surface area contributed by atoms with Gasteiger partial charge in [0, 0.05) is 11.3 Å². The number of methoxy groups -OCH3 is 1. The highest BCUT2D eigenvalue weighted by molar-refractivity contribution is 5.94. The summed E-state index contributed by atoms with van der Waals surface area (Å²) in [5.74, 6) is 0.475.